The summed E-state index contributed by atoms with van der Waals surface area (Å²) in [5, 5.41) is 16.3. The second-order valence-corrected chi connectivity index (χ2v) is 9.15. The predicted octanol–water partition coefficient (Wildman–Crippen LogP) is 2.62. The van der Waals surface area contributed by atoms with Crippen molar-refractivity contribution in [1.29, 1.82) is 0 Å². The van der Waals surface area contributed by atoms with E-state index >= 15 is 0 Å². The summed E-state index contributed by atoms with van der Waals surface area (Å²) in [6.07, 6.45) is 3.99. The van der Waals surface area contributed by atoms with E-state index in [9.17, 15) is 9.59 Å². The second-order valence-electron chi connectivity index (χ2n) is 9.15. The lowest BCUT2D eigenvalue weighted by Crippen LogP contribution is -2.44. The van der Waals surface area contributed by atoms with E-state index in [-0.39, 0.29) is 17.4 Å². The molecule has 1 saturated heterocycles. The minimum atomic E-state index is -0.137. The quantitative estimate of drug-likeness (QED) is 0.535. The number of carbonyl (C=O) groups excluding carboxylic acids is 1. The van der Waals surface area contributed by atoms with Crippen molar-refractivity contribution in [3.63, 3.8) is 0 Å². The van der Waals surface area contributed by atoms with Crippen LogP contribution in [0.3, 0.4) is 0 Å². The Hall–Kier alpha value is -3.75. The number of nitrogens with one attached hydrogen (secondary N) is 1. The molecule has 182 valence electrons. The summed E-state index contributed by atoms with van der Waals surface area (Å²) in [5.74, 6) is 1.85. The highest BCUT2D eigenvalue weighted by Gasteiger charge is 2.27. The zero-order valence-electron chi connectivity index (χ0n) is 19.9. The van der Waals surface area contributed by atoms with Crippen LogP contribution >= 0.6 is 0 Å². The first kappa shape index (κ1) is 23.0. The van der Waals surface area contributed by atoms with Crippen molar-refractivity contribution in [2.75, 3.05) is 31.6 Å². The maximum absolute atomic E-state index is 12.8. The molecular formula is C26H30N6O3. The molecule has 3 heterocycles. The molecule has 9 nitrogen and oxygen atoms in total. The lowest BCUT2D eigenvalue weighted by Gasteiger charge is -2.32. The maximum atomic E-state index is 12.8. The summed E-state index contributed by atoms with van der Waals surface area (Å²) >= 11 is 0. The molecule has 3 aromatic rings. The molecule has 1 atom stereocenters. The Bertz CT molecular complexity index is 1240. The molecule has 5 rings (SSSR count). The average molecular weight is 475 g/mol. The number of rotatable bonds is 8. The number of methoxy groups -OCH3 is 1. The third-order valence-corrected chi connectivity index (χ3v) is 6.66. The molecule has 0 bridgehead atoms. The molecule has 0 radical (unpaired) electrons. The van der Waals surface area contributed by atoms with Gasteiger partial charge in [0, 0.05) is 37.2 Å². The summed E-state index contributed by atoms with van der Waals surface area (Å²) in [6.45, 7) is 2.17. The number of anilines is 1. The lowest BCUT2D eigenvalue weighted by molar-refractivity contribution is -0.125. The van der Waals surface area contributed by atoms with Crippen molar-refractivity contribution in [2.45, 2.75) is 38.1 Å². The van der Waals surface area contributed by atoms with E-state index in [0.29, 0.717) is 25.6 Å². The Morgan fingerprint density at radius 2 is 1.94 bits per heavy atom. The van der Waals surface area contributed by atoms with Crippen molar-refractivity contribution in [3.05, 3.63) is 64.6 Å². The Balaban J connectivity index is 1.17. The molecule has 1 N–H and O–H groups in total. The predicted molar refractivity (Wildman–Crippen MR) is 132 cm³/mol. The van der Waals surface area contributed by atoms with Gasteiger partial charge in [-0.05, 0) is 56.0 Å². The van der Waals surface area contributed by atoms with Crippen molar-refractivity contribution in [3.8, 4) is 17.0 Å². The van der Waals surface area contributed by atoms with Crippen LogP contribution < -0.4 is 20.5 Å². The summed E-state index contributed by atoms with van der Waals surface area (Å²) in [7, 11) is 1.64. The SMILES string of the molecule is COc1ccccc1-c1ccc(N2CCCC(C(=O)NCCn3nc(C4CC4)ccc3=O)C2)nn1. The Morgan fingerprint density at radius 1 is 1.09 bits per heavy atom. The monoisotopic (exact) mass is 474 g/mol. The summed E-state index contributed by atoms with van der Waals surface area (Å²) in [6, 6.07) is 15.0. The van der Waals surface area contributed by atoms with Crippen LogP contribution in [0.15, 0.2) is 53.3 Å². The third-order valence-electron chi connectivity index (χ3n) is 6.66. The van der Waals surface area contributed by atoms with Gasteiger partial charge in [0.2, 0.25) is 5.91 Å². The molecule has 2 fully saturated rings. The van der Waals surface area contributed by atoms with Crippen LogP contribution in [0.5, 0.6) is 5.75 Å². The minimum Gasteiger partial charge on any atom is -0.496 e. The van der Waals surface area contributed by atoms with Crippen molar-refractivity contribution in [1.82, 2.24) is 25.3 Å². The fourth-order valence-corrected chi connectivity index (χ4v) is 4.54. The topological polar surface area (TPSA) is 102 Å². The number of carbonyl (C=O) groups is 1. The number of ether oxygens (including phenoxy) is 1. The van der Waals surface area contributed by atoms with Crippen LogP contribution in [0.1, 0.15) is 37.3 Å². The number of piperidine rings is 1. The Morgan fingerprint density at radius 3 is 2.71 bits per heavy atom. The normalized spacial score (nSPS) is 17.7. The highest BCUT2D eigenvalue weighted by atomic mass is 16.5. The molecular weight excluding hydrogens is 444 g/mol. The highest BCUT2D eigenvalue weighted by molar-refractivity contribution is 5.79. The summed E-state index contributed by atoms with van der Waals surface area (Å²) in [4.78, 5) is 27.1. The van der Waals surface area contributed by atoms with Gasteiger partial charge in [-0.25, -0.2) is 4.68 Å². The van der Waals surface area contributed by atoms with E-state index in [1.165, 1.54) is 4.68 Å². The van der Waals surface area contributed by atoms with E-state index in [2.05, 4.69) is 25.5 Å². The van der Waals surface area contributed by atoms with Crippen molar-refractivity contribution in [2.24, 2.45) is 5.92 Å². The molecule has 1 aliphatic heterocycles. The van der Waals surface area contributed by atoms with Gasteiger partial charge in [0.15, 0.2) is 5.82 Å². The molecule has 2 aliphatic rings. The zero-order valence-corrected chi connectivity index (χ0v) is 19.9. The summed E-state index contributed by atoms with van der Waals surface area (Å²) < 4.78 is 6.89. The van der Waals surface area contributed by atoms with Crippen molar-refractivity contribution < 1.29 is 9.53 Å². The first-order valence-electron chi connectivity index (χ1n) is 12.2. The summed E-state index contributed by atoms with van der Waals surface area (Å²) in [5.41, 5.74) is 2.47. The lowest BCUT2D eigenvalue weighted by atomic mass is 9.97. The van der Waals surface area contributed by atoms with E-state index in [4.69, 9.17) is 4.74 Å². The second kappa shape index (κ2) is 10.2. The van der Waals surface area contributed by atoms with Gasteiger partial charge in [-0.2, -0.15) is 5.10 Å². The number of nitrogens with zero attached hydrogens (tertiary/aromatic N) is 5. The maximum Gasteiger partial charge on any atom is 0.266 e. The average Bonchev–Trinajstić information content (AvgIpc) is 3.75. The number of aromatic nitrogens is 4. The van der Waals surface area contributed by atoms with E-state index in [0.717, 1.165) is 60.7 Å². The molecule has 1 aromatic carbocycles. The zero-order chi connectivity index (χ0) is 24.2. The minimum absolute atomic E-state index is 0.000280. The molecule has 1 amide bonds. The third kappa shape index (κ3) is 5.34. The first-order valence-corrected chi connectivity index (χ1v) is 12.2. The van der Waals surface area contributed by atoms with Crippen LogP contribution in [0.4, 0.5) is 5.82 Å². The molecule has 0 spiro atoms. The molecule has 2 aromatic heterocycles. The van der Waals surface area contributed by atoms with Gasteiger partial charge in [0.1, 0.15) is 5.75 Å². The fraction of sp³-hybridized carbons (Fsp3) is 0.423. The van der Waals surface area contributed by atoms with E-state index in [1.54, 1.807) is 13.2 Å². The van der Waals surface area contributed by atoms with Gasteiger partial charge >= 0.3 is 0 Å². The fourth-order valence-electron chi connectivity index (χ4n) is 4.54. The van der Waals surface area contributed by atoms with Gasteiger partial charge in [-0.1, -0.05) is 12.1 Å². The molecule has 1 saturated carbocycles. The molecule has 9 heteroatoms. The van der Waals surface area contributed by atoms with Gasteiger partial charge in [0.25, 0.3) is 5.56 Å². The molecule has 35 heavy (non-hydrogen) atoms. The van der Waals surface area contributed by atoms with Crippen LogP contribution in [-0.2, 0) is 11.3 Å². The number of benzene rings is 1. The Labute approximate surface area is 204 Å². The molecule has 1 unspecified atom stereocenters. The molecule has 1 aliphatic carbocycles. The van der Waals surface area contributed by atoms with E-state index < -0.39 is 0 Å². The van der Waals surface area contributed by atoms with Crippen LogP contribution in [0, 0.1) is 5.92 Å². The van der Waals surface area contributed by atoms with E-state index in [1.807, 2.05) is 42.5 Å². The van der Waals surface area contributed by atoms with Gasteiger partial charge in [0.05, 0.1) is 31.0 Å². The van der Waals surface area contributed by atoms with Crippen LogP contribution in [0.25, 0.3) is 11.3 Å². The smallest absolute Gasteiger partial charge is 0.266 e. The Kier molecular flexibility index (Phi) is 6.74. The van der Waals surface area contributed by atoms with Gasteiger partial charge in [-0.3, -0.25) is 9.59 Å². The number of para-hydroxylation sites is 1. The largest absolute Gasteiger partial charge is 0.496 e. The van der Waals surface area contributed by atoms with Gasteiger partial charge < -0.3 is 15.0 Å². The highest BCUT2D eigenvalue weighted by Crippen LogP contribution is 2.38. The number of hydrogen-bond acceptors (Lipinski definition) is 7. The van der Waals surface area contributed by atoms with Gasteiger partial charge in [-0.15, -0.1) is 10.2 Å². The number of amides is 1. The van der Waals surface area contributed by atoms with Crippen LogP contribution in [-0.4, -0.2) is 52.6 Å². The standard InChI is InChI=1S/C26H30N6O3/c1-35-23-7-3-2-6-20(23)22-10-12-24(29-28-22)31-15-4-5-19(17-31)26(34)27-14-16-32-25(33)13-11-21(30-32)18-8-9-18/h2-3,6-7,10-13,18-19H,4-5,8-9,14-17H2,1H3,(H,27,34). The first-order chi connectivity index (χ1) is 17.1. The van der Waals surface area contributed by atoms with Crippen molar-refractivity contribution >= 4 is 11.7 Å². The van der Waals surface area contributed by atoms with Crippen LogP contribution in [0.2, 0.25) is 0 Å². The number of hydrogen-bond donors (Lipinski definition) is 1.